The first-order valence-corrected chi connectivity index (χ1v) is 4.30. The predicted molar refractivity (Wildman–Crippen MR) is 51.1 cm³/mol. The average Bonchev–Trinajstić information content (AvgIpc) is 2.20. The van der Waals surface area contributed by atoms with E-state index in [1.807, 2.05) is 13.0 Å². The van der Waals surface area contributed by atoms with Gasteiger partial charge in [0.05, 0.1) is 13.3 Å². The molecule has 0 aromatic carbocycles. The number of aryl methyl sites for hydroxylation is 1. The number of carbonyl (C=O) groups is 1. The Labute approximate surface area is 82.9 Å². The lowest BCUT2D eigenvalue weighted by molar-refractivity contribution is -0.147. The molecular formula is C10H13NO3. The standard InChI is InChI=1S/C10H13NO3/c1-7-4-5-9(6-11-7)14-8(2)10(12)13-3/h4-6,8H,1-3H3. The molecule has 1 aromatic rings. The molecule has 4 nitrogen and oxygen atoms in total. The van der Waals surface area contributed by atoms with Gasteiger partial charge in [0.2, 0.25) is 0 Å². The highest BCUT2D eigenvalue weighted by Gasteiger charge is 2.14. The van der Waals surface area contributed by atoms with Crippen LogP contribution in [0.4, 0.5) is 0 Å². The topological polar surface area (TPSA) is 48.4 Å². The van der Waals surface area contributed by atoms with Crippen molar-refractivity contribution in [3.8, 4) is 5.75 Å². The average molecular weight is 195 g/mol. The van der Waals surface area contributed by atoms with Gasteiger partial charge in [-0.25, -0.2) is 4.79 Å². The quantitative estimate of drug-likeness (QED) is 0.683. The van der Waals surface area contributed by atoms with Crippen molar-refractivity contribution in [2.24, 2.45) is 0 Å². The molecule has 1 atom stereocenters. The van der Waals surface area contributed by atoms with Crippen LogP contribution in [0, 0.1) is 6.92 Å². The van der Waals surface area contributed by atoms with Crippen LogP contribution < -0.4 is 4.74 Å². The molecule has 0 amide bonds. The van der Waals surface area contributed by atoms with Crippen LogP contribution in [-0.4, -0.2) is 24.2 Å². The molecule has 1 unspecified atom stereocenters. The number of hydrogen-bond acceptors (Lipinski definition) is 4. The molecule has 1 heterocycles. The Morgan fingerprint density at radius 2 is 2.21 bits per heavy atom. The van der Waals surface area contributed by atoms with E-state index in [-0.39, 0.29) is 0 Å². The van der Waals surface area contributed by atoms with Crippen LogP contribution in [0.2, 0.25) is 0 Å². The first kappa shape index (κ1) is 10.5. The lowest BCUT2D eigenvalue weighted by Gasteiger charge is -2.11. The van der Waals surface area contributed by atoms with E-state index in [1.165, 1.54) is 7.11 Å². The van der Waals surface area contributed by atoms with E-state index in [9.17, 15) is 4.79 Å². The predicted octanol–water partition coefficient (Wildman–Crippen LogP) is 1.33. The summed E-state index contributed by atoms with van der Waals surface area (Å²) in [6.07, 6.45) is 0.971. The van der Waals surface area contributed by atoms with Gasteiger partial charge >= 0.3 is 5.97 Å². The second kappa shape index (κ2) is 4.60. The van der Waals surface area contributed by atoms with Crippen LogP contribution in [-0.2, 0) is 9.53 Å². The monoisotopic (exact) mass is 195 g/mol. The van der Waals surface area contributed by atoms with Gasteiger partial charge in [0.25, 0.3) is 0 Å². The number of nitrogens with zero attached hydrogens (tertiary/aromatic N) is 1. The molecule has 0 saturated heterocycles. The zero-order valence-corrected chi connectivity index (χ0v) is 8.48. The first-order chi connectivity index (χ1) is 6.63. The molecule has 4 heteroatoms. The molecule has 0 saturated carbocycles. The second-order valence-electron chi connectivity index (χ2n) is 2.92. The summed E-state index contributed by atoms with van der Waals surface area (Å²) in [5.74, 6) is 0.166. The zero-order chi connectivity index (χ0) is 10.6. The molecule has 76 valence electrons. The van der Waals surface area contributed by atoms with E-state index in [0.717, 1.165) is 5.69 Å². The molecule has 0 spiro atoms. The number of pyridine rings is 1. The molecular weight excluding hydrogens is 182 g/mol. The lowest BCUT2D eigenvalue weighted by atomic mass is 10.3. The molecule has 0 aliphatic rings. The van der Waals surface area contributed by atoms with Crippen molar-refractivity contribution in [3.05, 3.63) is 24.0 Å². The number of methoxy groups -OCH3 is 1. The summed E-state index contributed by atoms with van der Waals surface area (Å²) in [4.78, 5) is 15.1. The Morgan fingerprint density at radius 3 is 2.71 bits per heavy atom. The zero-order valence-electron chi connectivity index (χ0n) is 8.48. The number of ether oxygens (including phenoxy) is 2. The third-order valence-corrected chi connectivity index (χ3v) is 1.73. The maximum absolute atomic E-state index is 11.0. The van der Waals surface area contributed by atoms with Crippen molar-refractivity contribution >= 4 is 5.97 Å². The van der Waals surface area contributed by atoms with Gasteiger partial charge in [-0.15, -0.1) is 0 Å². The van der Waals surface area contributed by atoms with Crippen LogP contribution >= 0.6 is 0 Å². The van der Waals surface area contributed by atoms with E-state index in [0.29, 0.717) is 5.75 Å². The summed E-state index contributed by atoms with van der Waals surface area (Å²) < 4.78 is 9.81. The molecule has 1 rings (SSSR count). The maximum atomic E-state index is 11.0. The van der Waals surface area contributed by atoms with Crippen molar-refractivity contribution in [1.82, 2.24) is 4.98 Å². The summed E-state index contributed by atoms with van der Waals surface area (Å²) in [5.41, 5.74) is 0.906. The smallest absolute Gasteiger partial charge is 0.346 e. The Kier molecular flexibility index (Phi) is 3.45. The van der Waals surface area contributed by atoms with Crippen LogP contribution in [0.1, 0.15) is 12.6 Å². The Bertz CT molecular complexity index is 308. The molecule has 0 radical (unpaired) electrons. The summed E-state index contributed by atoms with van der Waals surface area (Å²) in [5, 5.41) is 0. The third kappa shape index (κ3) is 2.73. The van der Waals surface area contributed by atoms with Gasteiger partial charge in [-0.1, -0.05) is 0 Å². The number of rotatable bonds is 3. The van der Waals surface area contributed by atoms with Gasteiger partial charge in [-0.2, -0.15) is 0 Å². The Morgan fingerprint density at radius 1 is 1.50 bits per heavy atom. The highest BCUT2D eigenvalue weighted by molar-refractivity contribution is 5.74. The van der Waals surface area contributed by atoms with Crippen molar-refractivity contribution < 1.29 is 14.3 Å². The van der Waals surface area contributed by atoms with E-state index >= 15 is 0 Å². The van der Waals surface area contributed by atoms with Gasteiger partial charge in [0, 0.05) is 5.69 Å². The molecule has 0 fully saturated rings. The van der Waals surface area contributed by atoms with Crippen LogP contribution in [0.15, 0.2) is 18.3 Å². The molecule has 0 bridgehead atoms. The minimum absolute atomic E-state index is 0.398. The Hall–Kier alpha value is -1.58. The highest BCUT2D eigenvalue weighted by atomic mass is 16.6. The van der Waals surface area contributed by atoms with Gasteiger partial charge in [0.1, 0.15) is 5.75 Å². The fourth-order valence-corrected chi connectivity index (χ4v) is 0.942. The molecule has 0 aliphatic heterocycles. The minimum atomic E-state index is -0.607. The van der Waals surface area contributed by atoms with Crippen molar-refractivity contribution in [1.29, 1.82) is 0 Å². The Balaban J connectivity index is 2.60. The van der Waals surface area contributed by atoms with Crippen molar-refractivity contribution in [2.75, 3.05) is 7.11 Å². The van der Waals surface area contributed by atoms with E-state index in [2.05, 4.69) is 9.72 Å². The van der Waals surface area contributed by atoms with Crippen LogP contribution in [0.25, 0.3) is 0 Å². The molecule has 0 aliphatic carbocycles. The van der Waals surface area contributed by atoms with Gasteiger partial charge in [-0.3, -0.25) is 4.98 Å². The van der Waals surface area contributed by atoms with Gasteiger partial charge in [0.15, 0.2) is 6.10 Å². The number of carbonyl (C=O) groups excluding carboxylic acids is 1. The normalized spacial score (nSPS) is 11.9. The minimum Gasteiger partial charge on any atom is -0.477 e. The lowest BCUT2D eigenvalue weighted by Crippen LogP contribution is -2.24. The van der Waals surface area contributed by atoms with Crippen LogP contribution in [0.5, 0.6) is 5.75 Å². The van der Waals surface area contributed by atoms with E-state index in [1.54, 1.807) is 19.2 Å². The second-order valence-corrected chi connectivity index (χ2v) is 2.92. The fraction of sp³-hybridized carbons (Fsp3) is 0.400. The summed E-state index contributed by atoms with van der Waals surface area (Å²) in [6, 6.07) is 3.58. The van der Waals surface area contributed by atoms with Crippen LogP contribution in [0.3, 0.4) is 0 Å². The number of aromatic nitrogens is 1. The summed E-state index contributed by atoms with van der Waals surface area (Å²) >= 11 is 0. The van der Waals surface area contributed by atoms with Gasteiger partial charge < -0.3 is 9.47 Å². The van der Waals surface area contributed by atoms with Gasteiger partial charge in [-0.05, 0) is 26.0 Å². The molecule has 1 aromatic heterocycles. The number of esters is 1. The van der Waals surface area contributed by atoms with E-state index in [4.69, 9.17) is 4.74 Å². The van der Waals surface area contributed by atoms with Crippen molar-refractivity contribution in [3.63, 3.8) is 0 Å². The van der Waals surface area contributed by atoms with E-state index < -0.39 is 12.1 Å². The fourth-order valence-electron chi connectivity index (χ4n) is 0.942. The summed E-state index contributed by atoms with van der Waals surface area (Å²) in [7, 11) is 1.33. The van der Waals surface area contributed by atoms with Crippen molar-refractivity contribution in [2.45, 2.75) is 20.0 Å². The maximum Gasteiger partial charge on any atom is 0.346 e. The molecule has 0 N–H and O–H groups in total. The highest BCUT2D eigenvalue weighted by Crippen LogP contribution is 2.11. The first-order valence-electron chi connectivity index (χ1n) is 4.30. The largest absolute Gasteiger partial charge is 0.477 e. The number of hydrogen-bond donors (Lipinski definition) is 0. The molecule has 14 heavy (non-hydrogen) atoms. The summed E-state index contributed by atoms with van der Waals surface area (Å²) in [6.45, 7) is 3.51. The SMILES string of the molecule is COC(=O)C(C)Oc1ccc(C)nc1. The third-order valence-electron chi connectivity index (χ3n) is 1.73.